The molecule has 0 aliphatic carbocycles. The molecule has 3 rings (SSSR count). The number of amides is 3. The third-order valence-electron chi connectivity index (χ3n) is 4.80. The van der Waals surface area contributed by atoms with E-state index in [1.807, 2.05) is 25.1 Å². The van der Waals surface area contributed by atoms with Gasteiger partial charge in [0, 0.05) is 25.6 Å². The molecule has 0 saturated carbocycles. The van der Waals surface area contributed by atoms with Crippen LogP contribution in [0.4, 0.5) is 11.4 Å². The largest absolute Gasteiger partial charge is 0.378 e. The summed E-state index contributed by atoms with van der Waals surface area (Å²) in [4.78, 5) is 42.6. The van der Waals surface area contributed by atoms with Gasteiger partial charge < -0.3 is 19.9 Å². The summed E-state index contributed by atoms with van der Waals surface area (Å²) in [5.41, 5.74) is 1.32. The highest BCUT2D eigenvalue weighted by Gasteiger charge is 2.30. The van der Waals surface area contributed by atoms with Gasteiger partial charge >= 0.3 is 0 Å². The zero-order chi connectivity index (χ0) is 19.4. The molecule has 1 unspecified atom stereocenters. The van der Waals surface area contributed by atoms with E-state index in [9.17, 15) is 14.4 Å². The maximum Gasteiger partial charge on any atom is 0.241 e. The maximum atomic E-state index is 13.0. The fourth-order valence-corrected chi connectivity index (χ4v) is 3.47. The van der Waals surface area contributed by atoms with Crippen LogP contribution in [0.3, 0.4) is 0 Å². The average molecular weight is 374 g/mol. The lowest BCUT2D eigenvalue weighted by molar-refractivity contribution is -0.136. The molecule has 1 aromatic rings. The molecule has 3 amide bonds. The number of carbonyl (C=O) groups is 3. The molecule has 2 aliphatic rings. The number of rotatable bonds is 4. The molecule has 0 bridgehead atoms. The van der Waals surface area contributed by atoms with Crippen LogP contribution in [0.15, 0.2) is 24.3 Å². The quantitative estimate of drug-likeness (QED) is 0.832. The second-order valence-electron chi connectivity index (χ2n) is 7.05. The Morgan fingerprint density at radius 2 is 1.85 bits per heavy atom. The lowest BCUT2D eigenvalue weighted by atomic mass is 10.1. The van der Waals surface area contributed by atoms with Crippen LogP contribution < -0.4 is 10.2 Å². The van der Waals surface area contributed by atoms with E-state index in [1.165, 1.54) is 0 Å². The van der Waals surface area contributed by atoms with Gasteiger partial charge in [-0.3, -0.25) is 19.3 Å². The van der Waals surface area contributed by atoms with E-state index in [1.54, 1.807) is 27.8 Å². The Labute approximate surface area is 159 Å². The topological polar surface area (TPSA) is 82.2 Å². The highest BCUT2D eigenvalue weighted by Crippen LogP contribution is 2.31. The molecule has 1 saturated heterocycles. The van der Waals surface area contributed by atoms with Crippen LogP contribution in [0.25, 0.3) is 0 Å². The summed E-state index contributed by atoms with van der Waals surface area (Å²) in [6.07, 6.45) is 0.233. The Balaban J connectivity index is 1.67. The fourth-order valence-electron chi connectivity index (χ4n) is 3.47. The van der Waals surface area contributed by atoms with E-state index >= 15 is 0 Å². The number of nitrogens with one attached hydrogen (secondary N) is 1. The molecule has 0 spiro atoms. The van der Waals surface area contributed by atoms with Gasteiger partial charge in [0.1, 0.15) is 0 Å². The predicted octanol–water partition coefficient (Wildman–Crippen LogP) is 0.541. The number of nitrogens with zero attached hydrogens (tertiary/aromatic N) is 3. The first kappa shape index (κ1) is 19.3. The maximum absolute atomic E-state index is 13.0. The molecular formula is C19H26N4O4. The van der Waals surface area contributed by atoms with Crippen molar-refractivity contribution < 1.29 is 19.1 Å². The van der Waals surface area contributed by atoms with Crippen LogP contribution in [0, 0.1) is 0 Å². The zero-order valence-electron chi connectivity index (χ0n) is 15.8. The Kier molecular flexibility index (Phi) is 6.08. The van der Waals surface area contributed by atoms with E-state index in [2.05, 4.69) is 5.32 Å². The second-order valence-corrected chi connectivity index (χ2v) is 7.05. The summed E-state index contributed by atoms with van der Waals surface area (Å²) in [5, 5.41) is 2.85. The molecule has 0 aromatic heterocycles. The number of hydrogen-bond acceptors (Lipinski definition) is 5. The summed E-state index contributed by atoms with van der Waals surface area (Å²) >= 11 is 0. The molecule has 1 N–H and O–H groups in total. The van der Waals surface area contributed by atoms with Crippen molar-refractivity contribution in [3.05, 3.63) is 24.3 Å². The standard InChI is InChI=1S/C19H26N4O4/c1-14-11-17(24)20-15-5-3-4-6-16(15)23(14)19(26)13-21(2)12-18(25)22-7-9-27-10-8-22/h3-6,14H,7-13H2,1-2H3,(H,20,24). The minimum Gasteiger partial charge on any atom is -0.378 e. The molecule has 2 aliphatic heterocycles. The number of benzene rings is 1. The summed E-state index contributed by atoms with van der Waals surface area (Å²) in [7, 11) is 1.76. The second kappa shape index (κ2) is 8.49. The minimum atomic E-state index is -0.260. The molecule has 27 heavy (non-hydrogen) atoms. The van der Waals surface area contributed by atoms with Gasteiger partial charge in [-0.15, -0.1) is 0 Å². The van der Waals surface area contributed by atoms with Gasteiger partial charge in [0.25, 0.3) is 0 Å². The van der Waals surface area contributed by atoms with Gasteiger partial charge in [0.15, 0.2) is 0 Å². The Hall–Kier alpha value is -2.45. The van der Waals surface area contributed by atoms with Crippen molar-refractivity contribution in [3.63, 3.8) is 0 Å². The molecule has 2 heterocycles. The monoisotopic (exact) mass is 374 g/mol. The number of ether oxygens (including phenoxy) is 1. The summed E-state index contributed by atoms with van der Waals surface area (Å²) in [6, 6.07) is 7.02. The molecular weight excluding hydrogens is 348 g/mol. The van der Waals surface area contributed by atoms with E-state index in [0.29, 0.717) is 37.7 Å². The van der Waals surface area contributed by atoms with Crippen LogP contribution in [0.2, 0.25) is 0 Å². The highest BCUT2D eigenvalue weighted by molar-refractivity contribution is 6.05. The summed E-state index contributed by atoms with van der Waals surface area (Å²) < 4.78 is 5.26. The number of hydrogen-bond donors (Lipinski definition) is 1. The van der Waals surface area contributed by atoms with Gasteiger partial charge in [-0.1, -0.05) is 12.1 Å². The highest BCUT2D eigenvalue weighted by atomic mass is 16.5. The molecule has 0 radical (unpaired) electrons. The molecule has 8 heteroatoms. The Bertz CT molecular complexity index is 717. The SMILES string of the molecule is CC1CC(=O)Nc2ccccc2N1C(=O)CN(C)CC(=O)N1CCOCC1. The predicted molar refractivity (Wildman–Crippen MR) is 102 cm³/mol. The summed E-state index contributed by atoms with van der Waals surface area (Å²) in [5.74, 6) is -0.250. The van der Waals surface area contributed by atoms with Crippen LogP contribution >= 0.6 is 0 Å². The minimum absolute atomic E-state index is 0.00485. The lowest BCUT2D eigenvalue weighted by Crippen LogP contribution is -2.48. The van der Waals surface area contributed by atoms with Gasteiger partial charge in [-0.2, -0.15) is 0 Å². The number of para-hydroxylation sites is 2. The number of anilines is 2. The smallest absolute Gasteiger partial charge is 0.241 e. The van der Waals surface area contributed by atoms with Crippen molar-refractivity contribution in [2.45, 2.75) is 19.4 Å². The molecule has 1 aromatic carbocycles. The van der Waals surface area contributed by atoms with Crippen LogP contribution in [0.1, 0.15) is 13.3 Å². The third-order valence-corrected chi connectivity index (χ3v) is 4.80. The van der Waals surface area contributed by atoms with Crippen molar-refractivity contribution in [1.82, 2.24) is 9.80 Å². The van der Waals surface area contributed by atoms with Gasteiger partial charge in [0.05, 0.1) is 37.7 Å². The van der Waals surface area contributed by atoms with E-state index in [0.717, 1.165) is 0 Å². The van der Waals surface area contributed by atoms with Crippen LogP contribution in [0.5, 0.6) is 0 Å². The van der Waals surface area contributed by atoms with E-state index < -0.39 is 0 Å². The van der Waals surface area contributed by atoms with Crippen molar-refractivity contribution in [2.24, 2.45) is 0 Å². The van der Waals surface area contributed by atoms with Gasteiger partial charge in [-0.25, -0.2) is 0 Å². The molecule has 1 atom stereocenters. The van der Waals surface area contributed by atoms with E-state index in [4.69, 9.17) is 4.74 Å². The number of fused-ring (bicyclic) bond motifs is 1. The van der Waals surface area contributed by atoms with Crippen molar-refractivity contribution in [3.8, 4) is 0 Å². The normalized spacial score (nSPS) is 20.1. The first-order valence-electron chi connectivity index (χ1n) is 9.20. The van der Waals surface area contributed by atoms with Crippen molar-refractivity contribution in [2.75, 3.05) is 56.7 Å². The number of likely N-dealkylation sites (N-methyl/N-ethyl adjacent to an activating group) is 1. The van der Waals surface area contributed by atoms with Crippen LogP contribution in [-0.2, 0) is 19.1 Å². The molecule has 1 fully saturated rings. The average Bonchev–Trinajstić information content (AvgIpc) is 2.76. The number of morpholine rings is 1. The van der Waals surface area contributed by atoms with E-state index in [-0.39, 0.29) is 43.3 Å². The van der Waals surface area contributed by atoms with Gasteiger partial charge in [-0.05, 0) is 26.1 Å². The van der Waals surface area contributed by atoms with Crippen LogP contribution in [-0.4, -0.2) is 80.0 Å². The first-order valence-corrected chi connectivity index (χ1v) is 9.20. The molecule has 146 valence electrons. The lowest BCUT2D eigenvalue weighted by Gasteiger charge is -2.31. The third kappa shape index (κ3) is 4.64. The number of carbonyl (C=O) groups excluding carboxylic acids is 3. The fraction of sp³-hybridized carbons (Fsp3) is 0.526. The molecule has 8 nitrogen and oxygen atoms in total. The van der Waals surface area contributed by atoms with Crippen molar-refractivity contribution >= 4 is 29.1 Å². The summed E-state index contributed by atoms with van der Waals surface area (Å²) in [6.45, 7) is 4.42. The Morgan fingerprint density at radius 1 is 1.19 bits per heavy atom. The first-order chi connectivity index (χ1) is 13.0. The van der Waals surface area contributed by atoms with Gasteiger partial charge in [0.2, 0.25) is 17.7 Å². The Morgan fingerprint density at radius 3 is 2.59 bits per heavy atom. The zero-order valence-corrected chi connectivity index (χ0v) is 15.8. The van der Waals surface area contributed by atoms with Crippen molar-refractivity contribution in [1.29, 1.82) is 0 Å².